The quantitative estimate of drug-likeness (QED) is 0.625. The fourth-order valence-electron chi connectivity index (χ4n) is 3.41. The fraction of sp³-hybridized carbons (Fsp3) is 0.471. The normalized spacial score (nSPS) is 21.6. The number of nitrogens with one attached hydrogen (secondary N) is 1. The van der Waals surface area contributed by atoms with E-state index in [1.165, 1.54) is 0 Å². The highest BCUT2D eigenvalue weighted by molar-refractivity contribution is 9.10. The van der Waals surface area contributed by atoms with Crippen LogP contribution in [0.4, 0.5) is 0 Å². The number of benzene rings is 1. The molecule has 0 saturated carbocycles. The topological polar surface area (TPSA) is 82.6 Å². The third-order valence-corrected chi connectivity index (χ3v) is 6.84. The molecular formula is C17H22BrNO4S. The maximum absolute atomic E-state index is 12.2. The van der Waals surface area contributed by atoms with Gasteiger partial charge >= 0.3 is 5.97 Å². The summed E-state index contributed by atoms with van der Waals surface area (Å²) in [6, 6.07) is 3.75. The Morgan fingerprint density at radius 1 is 1.46 bits per heavy atom. The molecule has 1 aromatic carbocycles. The first-order valence-electron chi connectivity index (χ1n) is 8.10. The van der Waals surface area contributed by atoms with Crippen molar-refractivity contribution in [3.8, 4) is 0 Å². The van der Waals surface area contributed by atoms with Gasteiger partial charge < -0.3 is 9.72 Å². The van der Waals surface area contributed by atoms with Crippen LogP contribution in [-0.4, -0.2) is 38.2 Å². The van der Waals surface area contributed by atoms with E-state index in [9.17, 15) is 13.9 Å². The average Bonchev–Trinajstić information content (AvgIpc) is 2.88. The molecule has 3 N–H and O–H groups in total. The Bertz CT molecular complexity index is 758. The van der Waals surface area contributed by atoms with E-state index in [0.29, 0.717) is 23.7 Å². The minimum Gasteiger partial charge on any atom is -0.462 e. The summed E-state index contributed by atoms with van der Waals surface area (Å²) in [6.45, 7) is 2.12. The first kappa shape index (κ1) is 17.8. The number of carbonyl (C=O) groups excluding carboxylic acids is 1. The van der Waals surface area contributed by atoms with Crippen LogP contribution in [0.3, 0.4) is 0 Å². The molecule has 132 valence electrons. The van der Waals surface area contributed by atoms with Crippen molar-refractivity contribution in [3.63, 3.8) is 0 Å². The molecule has 1 aliphatic rings. The van der Waals surface area contributed by atoms with E-state index in [1.54, 1.807) is 13.0 Å². The Kier molecular flexibility index (Phi) is 5.24. The van der Waals surface area contributed by atoms with Crippen LogP contribution in [0.15, 0.2) is 22.8 Å². The lowest BCUT2D eigenvalue weighted by Crippen LogP contribution is -2.23. The first-order valence-corrected chi connectivity index (χ1v) is 10.8. The van der Waals surface area contributed by atoms with E-state index in [4.69, 9.17) is 4.74 Å². The molecule has 0 radical (unpaired) electrons. The van der Waals surface area contributed by atoms with E-state index >= 15 is 0 Å². The van der Waals surface area contributed by atoms with Gasteiger partial charge in [-0.2, -0.15) is 10.6 Å². The molecule has 1 fully saturated rings. The van der Waals surface area contributed by atoms with Crippen LogP contribution in [-0.2, 0) is 11.2 Å². The minimum atomic E-state index is -2.42. The zero-order valence-electron chi connectivity index (χ0n) is 13.5. The van der Waals surface area contributed by atoms with Gasteiger partial charge in [0.25, 0.3) is 0 Å². The summed E-state index contributed by atoms with van der Waals surface area (Å²) in [5.74, 6) is 0.908. The highest BCUT2D eigenvalue weighted by Crippen LogP contribution is 2.47. The predicted molar refractivity (Wildman–Crippen MR) is 101 cm³/mol. The summed E-state index contributed by atoms with van der Waals surface area (Å²) in [7, 11) is -2.42. The Hall–Kier alpha value is -1.02. The third-order valence-electron chi connectivity index (χ3n) is 4.43. The van der Waals surface area contributed by atoms with Crippen molar-refractivity contribution in [2.24, 2.45) is 5.92 Å². The largest absolute Gasteiger partial charge is 0.462 e. The highest BCUT2D eigenvalue weighted by atomic mass is 79.9. The predicted octanol–water partition coefficient (Wildman–Crippen LogP) is 4.81. The number of hydrogen-bond donors (Lipinski definition) is 3. The van der Waals surface area contributed by atoms with Gasteiger partial charge in [0.15, 0.2) is 0 Å². The molecule has 1 unspecified atom stereocenters. The molecule has 0 aliphatic carbocycles. The molecule has 1 saturated heterocycles. The number of aromatic nitrogens is 1. The molecule has 3 rings (SSSR count). The lowest BCUT2D eigenvalue weighted by Gasteiger charge is -2.40. The van der Waals surface area contributed by atoms with Crippen LogP contribution in [0.2, 0.25) is 0 Å². The second-order valence-electron chi connectivity index (χ2n) is 6.30. The van der Waals surface area contributed by atoms with Gasteiger partial charge in [0.1, 0.15) is 0 Å². The lowest BCUT2D eigenvalue weighted by molar-refractivity contribution is 0.0528. The Labute approximate surface area is 151 Å². The van der Waals surface area contributed by atoms with Crippen LogP contribution < -0.4 is 0 Å². The molecule has 0 spiro atoms. The Balaban J connectivity index is 1.91. The van der Waals surface area contributed by atoms with Crippen LogP contribution in [0.5, 0.6) is 0 Å². The van der Waals surface area contributed by atoms with E-state index in [2.05, 4.69) is 20.9 Å². The van der Waals surface area contributed by atoms with Gasteiger partial charge in [-0.15, -0.1) is 0 Å². The summed E-state index contributed by atoms with van der Waals surface area (Å²) < 4.78 is 25.9. The third kappa shape index (κ3) is 3.79. The van der Waals surface area contributed by atoms with Gasteiger partial charge in [-0.05, 0) is 49.8 Å². The van der Waals surface area contributed by atoms with Gasteiger partial charge in [-0.3, -0.25) is 9.11 Å². The van der Waals surface area contributed by atoms with Crippen molar-refractivity contribution >= 4 is 43.4 Å². The van der Waals surface area contributed by atoms with Crippen LogP contribution in [0.1, 0.15) is 35.7 Å². The standard InChI is InChI=1S/C17H22BrNO4S/c1-2-23-17(20)15-8-13(18)7-14-12(9-19-16(14)15)6-11-4-3-5-24(21,22)10-11/h7-9,11,19,21-22H,2-6,10H2,1H3. The number of fused-ring (bicyclic) bond motifs is 1. The average molecular weight is 416 g/mol. The van der Waals surface area contributed by atoms with Crippen LogP contribution in [0, 0.1) is 5.92 Å². The van der Waals surface area contributed by atoms with Crippen molar-refractivity contribution in [2.75, 3.05) is 18.1 Å². The summed E-state index contributed by atoms with van der Waals surface area (Å²) in [5, 5.41) is 0.981. The number of carbonyl (C=O) groups is 1. The Morgan fingerprint density at radius 3 is 2.96 bits per heavy atom. The number of ether oxygens (including phenoxy) is 1. The number of halogens is 1. The van der Waals surface area contributed by atoms with Gasteiger partial charge in [0.2, 0.25) is 0 Å². The molecule has 2 aromatic rings. The smallest absolute Gasteiger partial charge is 0.340 e. The van der Waals surface area contributed by atoms with Gasteiger partial charge in [-0.1, -0.05) is 15.9 Å². The zero-order valence-corrected chi connectivity index (χ0v) is 16.0. The van der Waals surface area contributed by atoms with Crippen LogP contribution in [0.25, 0.3) is 10.9 Å². The minimum absolute atomic E-state index is 0.257. The molecule has 1 atom stereocenters. The van der Waals surface area contributed by atoms with Gasteiger partial charge in [0.05, 0.1) is 17.7 Å². The van der Waals surface area contributed by atoms with Crippen molar-refractivity contribution in [1.29, 1.82) is 0 Å². The molecule has 1 aliphatic heterocycles. The SMILES string of the molecule is CCOC(=O)c1cc(Br)cc2c(CC3CCCS(O)(O)C3)c[nH]c12. The second-order valence-corrected chi connectivity index (χ2v) is 9.56. The molecule has 5 nitrogen and oxygen atoms in total. The number of aromatic amines is 1. The number of hydrogen-bond acceptors (Lipinski definition) is 4. The molecule has 1 aromatic heterocycles. The maximum atomic E-state index is 12.2. The van der Waals surface area contributed by atoms with Gasteiger partial charge in [-0.25, -0.2) is 4.79 Å². The molecule has 7 heteroatoms. The molecule has 0 bridgehead atoms. The fourth-order valence-corrected chi connectivity index (χ4v) is 5.70. The van der Waals surface area contributed by atoms with Crippen LogP contribution >= 0.6 is 26.5 Å². The van der Waals surface area contributed by atoms with E-state index in [1.807, 2.05) is 12.3 Å². The second kappa shape index (κ2) is 7.07. The number of rotatable bonds is 4. The number of esters is 1. The summed E-state index contributed by atoms with van der Waals surface area (Å²) in [4.78, 5) is 15.4. The molecular weight excluding hydrogens is 394 g/mol. The van der Waals surface area contributed by atoms with E-state index in [-0.39, 0.29) is 11.9 Å². The van der Waals surface area contributed by atoms with Crippen molar-refractivity contribution < 1.29 is 18.6 Å². The zero-order chi connectivity index (χ0) is 17.3. The Morgan fingerprint density at radius 2 is 2.25 bits per heavy atom. The first-order chi connectivity index (χ1) is 11.4. The van der Waals surface area contributed by atoms with Gasteiger partial charge in [0, 0.05) is 27.6 Å². The monoisotopic (exact) mass is 415 g/mol. The van der Waals surface area contributed by atoms with Crippen molar-refractivity contribution in [1.82, 2.24) is 4.98 Å². The summed E-state index contributed by atoms with van der Waals surface area (Å²) in [6.07, 6.45) is 4.54. The maximum Gasteiger partial charge on any atom is 0.340 e. The molecule has 2 heterocycles. The van der Waals surface area contributed by atoms with E-state index < -0.39 is 10.6 Å². The summed E-state index contributed by atoms with van der Waals surface area (Å²) in [5.41, 5.74) is 2.38. The molecule has 0 amide bonds. The molecule has 24 heavy (non-hydrogen) atoms. The highest BCUT2D eigenvalue weighted by Gasteiger charge is 2.26. The van der Waals surface area contributed by atoms with Crippen molar-refractivity contribution in [2.45, 2.75) is 26.2 Å². The van der Waals surface area contributed by atoms with E-state index in [0.717, 1.165) is 40.2 Å². The number of H-pyrrole nitrogens is 1. The van der Waals surface area contributed by atoms with Crippen molar-refractivity contribution in [3.05, 3.63) is 33.9 Å². The lowest BCUT2D eigenvalue weighted by atomic mass is 9.95. The summed E-state index contributed by atoms with van der Waals surface area (Å²) >= 11 is 3.47.